The maximum absolute atomic E-state index is 13.0. The van der Waals surface area contributed by atoms with Crippen LogP contribution in [-0.2, 0) is 0 Å². The van der Waals surface area contributed by atoms with E-state index in [4.69, 9.17) is 9.47 Å². The van der Waals surface area contributed by atoms with E-state index >= 15 is 0 Å². The summed E-state index contributed by atoms with van der Waals surface area (Å²) in [6, 6.07) is 9.38. The van der Waals surface area contributed by atoms with E-state index in [1.54, 1.807) is 18.2 Å². The molecule has 3 nitrogen and oxygen atoms in total. The smallest absolute Gasteiger partial charge is 0.161 e. The normalized spacial score (nSPS) is 13.9. The van der Waals surface area contributed by atoms with Gasteiger partial charge < -0.3 is 14.6 Å². The molecule has 2 aromatic carbocycles. The Bertz CT molecular complexity index is 610. The lowest BCUT2D eigenvalue weighted by Crippen LogP contribution is -1.97. The van der Waals surface area contributed by atoms with Crippen LogP contribution in [0.1, 0.15) is 6.42 Å². The zero-order valence-electron chi connectivity index (χ0n) is 10.2. The van der Waals surface area contributed by atoms with Gasteiger partial charge in [-0.05, 0) is 29.8 Å². The molecule has 2 aromatic rings. The molecule has 1 heterocycles. The summed E-state index contributed by atoms with van der Waals surface area (Å²) in [5.74, 6) is 0.798. The molecule has 1 aliphatic rings. The molecule has 0 aromatic heterocycles. The van der Waals surface area contributed by atoms with Crippen molar-refractivity contribution in [3.8, 4) is 28.4 Å². The number of halogens is 1. The standard InChI is InChI=1S/C15H13FO3/c16-11-3-4-12(13(17)9-11)10-2-5-14-15(8-10)19-7-1-6-18-14/h2-5,8-9,17H,1,6-7H2. The topological polar surface area (TPSA) is 38.7 Å². The number of phenolic OH excluding ortho intramolecular Hbond substituents is 1. The molecule has 0 radical (unpaired) electrons. The largest absolute Gasteiger partial charge is 0.507 e. The highest BCUT2D eigenvalue weighted by molar-refractivity contribution is 5.72. The molecule has 1 aliphatic heterocycles. The van der Waals surface area contributed by atoms with E-state index in [1.165, 1.54) is 6.07 Å². The van der Waals surface area contributed by atoms with Crippen LogP contribution in [0.15, 0.2) is 36.4 Å². The molecule has 0 fully saturated rings. The second-order valence-electron chi connectivity index (χ2n) is 4.37. The molecule has 0 atom stereocenters. The summed E-state index contributed by atoms with van der Waals surface area (Å²) in [6.07, 6.45) is 0.839. The van der Waals surface area contributed by atoms with Crippen molar-refractivity contribution in [2.45, 2.75) is 6.42 Å². The van der Waals surface area contributed by atoms with Crippen LogP contribution >= 0.6 is 0 Å². The molecule has 1 N–H and O–H groups in total. The van der Waals surface area contributed by atoms with E-state index in [9.17, 15) is 9.50 Å². The van der Waals surface area contributed by atoms with E-state index in [1.807, 2.05) is 6.07 Å². The Kier molecular flexibility index (Phi) is 2.99. The van der Waals surface area contributed by atoms with Crippen LogP contribution in [0.4, 0.5) is 4.39 Å². The summed E-state index contributed by atoms with van der Waals surface area (Å²) < 4.78 is 24.1. The van der Waals surface area contributed by atoms with Crippen LogP contribution in [0.3, 0.4) is 0 Å². The van der Waals surface area contributed by atoms with Crippen molar-refractivity contribution in [3.63, 3.8) is 0 Å². The zero-order valence-corrected chi connectivity index (χ0v) is 10.2. The number of hydrogen-bond acceptors (Lipinski definition) is 3. The molecule has 98 valence electrons. The van der Waals surface area contributed by atoms with E-state index in [-0.39, 0.29) is 5.75 Å². The third-order valence-corrected chi connectivity index (χ3v) is 3.02. The number of ether oxygens (including phenoxy) is 2. The van der Waals surface area contributed by atoms with Crippen molar-refractivity contribution in [3.05, 3.63) is 42.2 Å². The minimum atomic E-state index is -0.462. The van der Waals surface area contributed by atoms with Gasteiger partial charge in [0.05, 0.1) is 13.2 Å². The van der Waals surface area contributed by atoms with E-state index in [0.29, 0.717) is 30.3 Å². The average molecular weight is 260 g/mol. The third kappa shape index (κ3) is 2.34. The van der Waals surface area contributed by atoms with Gasteiger partial charge in [-0.25, -0.2) is 4.39 Å². The lowest BCUT2D eigenvalue weighted by atomic mass is 10.0. The Labute approximate surface area is 110 Å². The monoisotopic (exact) mass is 260 g/mol. The molecule has 0 saturated carbocycles. The van der Waals surface area contributed by atoms with Gasteiger partial charge in [-0.2, -0.15) is 0 Å². The molecule has 0 unspecified atom stereocenters. The van der Waals surface area contributed by atoms with Crippen LogP contribution in [0.25, 0.3) is 11.1 Å². The molecule has 0 aliphatic carbocycles. The van der Waals surface area contributed by atoms with Gasteiger partial charge in [-0.15, -0.1) is 0 Å². The zero-order chi connectivity index (χ0) is 13.2. The quantitative estimate of drug-likeness (QED) is 0.854. The summed E-state index contributed by atoms with van der Waals surface area (Å²) in [5.41, 5.74) is 1.33. The number of benzene rings is 2. The van der Waals surface area contributed by atoms with Gasteiger partial charge in [0.2, 0.25) is 0 Å². The van der Waals surface area contributed by atoms with Crippen LogP contribution in [0.2, 0.25) is 0 Å². The molecular formula is C15H13FO3. The summed E-state index contributed by atoms with van der Waals surface area (Å²) in [6.45, 7) is 1.24. The number of hydrogen-bond donors (Lipinski definition) is 1. The summed E-state index contributed by atoms with van der Waals surface area (Å²) in [5, 5.41) is 9.79. The predicted octanol–water partition coefficient (Wildman–Crippen LogP) is 3.36. The lowest BCUT2D eigenvalue weighted by molar-refractivity contribution is 0.297. The Hall–Kier alpha value is -2.23. The highest BCUT2D eigenvalue weighted by Gasteiger charge is 2.13. The summed E-state index contributed by atoms with van der Waals surface area (Å²) in [7, 11) is 0. The van der Waals surface area contributed by atoms with Crippen LogP contribution in [-0.4, -0.2) is 18.3 Å². The molecule has 0 spiro atoms. The molecule has 3 rings (SSSR count). The van der Waals surface area contributed by atoms with Crippen LogP contribution < -0.4 is 9.47 Å². The molecule has 4 heteroatoms. The van der Waals surface area contributed by atoms with Crippen molar-refractivity contribution in [1.29, 1.82) is 0 Å². The number of aromatic hydroxyl groups is 1. The van der Waals surface area contributed by atoms with Gasteiger partial charge in [-0.1, -0.05) is 6.07 Å². The molecule has 19 heavy (non-hydrogen) atoms. The minimum Gasteiger partial charge on any atom is -0.507 e. The molecule has 0 saturated heterocycles. The summed E-state index contributed by atoms with van der Waals surface area (Å²) >= 11 is 0. The van der Waals surface area contributed by atoms with Gasteiger partial charge in [0.15, 0.2) is 11.5 Å². The van der Waals surface area contributed by atoms with Crippen molar-refractivity contribution in [1.82, 2.24) is 0 Å². The van der Waals surface area contributed by atoms with Gasteiger partial charge >= 0.3 is 0 Å². The Balaban J connectivity index is 2.03. The third-order valence-electron chi connectivity index (χ3n) is 3.02. The van der Waals surface area contributed by atoms with Gasteiger partial charge in [0.1, 0.15) is 11.6 Å². The molecule has 0 amide bonds. The number of rotatable bonds is 1. The van der Waals surface area contributed by atoms with Crippen molar-refractivity contribution >= 4 is 0 Å². The van der Waals surface area contributed by atoms with E-state index in [0.717, 1.165) is 18.1 Å². The fourth-order valence-electron chi connectivity index (χ4n) is 2.08. The Morgan fingerprint density at radius 2 is 1.74 bits per heavy atom. The fourth-order valence-corrected chi connectivity index (χ4v) is 2.08. The SMILES string of the molecule is Oc1cc(F)ccc1-c1ccc2c(c1)OCCCO2. The molecule has 0 bridgehead atoms. The van der Waals surface area contributed by atoms with Gasteiger partial charge in [0, 0.05) is 18.1 Å². The van der Waals surface area contributed by atoms with Gasteiger partial charge in [-0.3, -0.25) is 0 Å². The number of phenols is 1. The molecular weight excluding hydrogens is 247 g/mol. The first-order valence-corrected chi connectivity index (χ1v) is 6.12. The van der Waals surface area contributed by atoms with Crippen LogP contribution in [0.5, 0.6) is 17.2 Å². The first-order chi connectivity index (χ1) is 9.24. The predicted molar refractivity (Wildman–Crippen MR) is 69.1 cm³/mol. The highest BCUT2D eigenvalue weighted by Crippen LogP contribution is 2.37. The maximum Gasteiger partial charge on any atom is 0.161 e. The minimum absolute atomic E-state index is 0.0884. The second kappa shape index (κ2) is 4.80. The number of fused-ring (bicyclic) bond motifs is 1. The average Bonchev–Trinajstić information content (AvgIpc) is 2.63. The Morgan fingerprint density at radius 3 is 2.53 bits per heavy atom. The highest BCUT2D eigenvalue weighted by atomic mass is 19.1. The summed E-state index contributed by atoms with van der Waals surface area (Å²) in [4.78, 5) is 0. The van der Waals surface area contributed by atoms with Crippen LogP contribution in [0, 0.1) is 5.82 Å². The first kappa shape index (κ1) is 11.8. The van der Waals surface area contributed by atoms with Gasteiger partial charge in [0.25, 0.3) is 0 Å². The lowest BCUT2D eigenvalue weighted by Gasteiger charge is -2.10. The van der Waals surface area contributed by atoms with E-state index in [2.05, 4.69) is 0 Å². The van der Waals surface area contributed by atoms with E-state index < -0.39 is 5.82 Å². The maximum atomic E-state index is 13.0. The fraction of sp³-hybridized carbons (Fsp3) is 0.200. The Morgan fingerprint density at radius 1 is 0.947 bits per heavy atom. The second-order valence-corrected chi connectivity index (χ2v) is 4.37. The van der Waals surface area contributed by atoms with Crippen molar-refractivity contribution < 1.29 is 19.0 Å². The van der Waals surface area contributed by atoms with Crippen molar-refractivity contribution in [2.75, 3.05) is 13.2 Å². The first-order valence-electron chi connectivity index (χ1n) is 6.12. The van der Waals surface area contributed by atoms with Crippen molar-refractivity contribution in [2.24, 2.45) is 0 Å².